The standard InChI is InChI=1S/C66H117O8P/c1-8-10-12-14-16-18-20-22-24-26-28-30-32-34-36-41-63(67)71-52-58(73-64(68)42-37-35-33-31-29-27-25-23-21-19-17-15-13-11-9-2)53-72-75(69,70)74-57-47-49-65(6)56(51-57)43-44-59-61-46-45-60(55(5)40-38-39-54(3)4)66(61,7)50-48-62(59)65/h22-25,43,54-55,57-62H,8-21,26-42,44-53H2,1-7H3,(H,69,70)/b24-22-,25-23-/t55-,57+,58-,59+,60-,61+,62+,65+,66-/m1/s1. The molecule has 4 aliphatic rings. The van der Waals surface area contributed by atoms with Crippen molar-refractivity contribution in [3.63, 3.8) is 0 Å². The maximum atomic E-state index is 13.7. The molecule has 0 aromatic heterocycles. The van der Waals surface area contributed by atoms with Crippen LogP contribution in [0.15, 0.2) is 36.0 Å². The van der Waals surface area contributed by atoms with Crippen LogP contribution in [0, 0.1) is 46.3 Å². The minimum absolute atomic E-state index is 0.0859. The molecule has 0 aliphatic heterocycles. The van der Waals surface area contributed by atoms with Crippen molar-refractivity contribution in [2.45, 2.75) is 311 Å². The van der Waals surface area contributed by atoms with Gasteiger partial charge in [0.2, 0.25) is 0 Å². The molecule has 9 heteroatoms. The topological polar surface area (TPSA) is 108 Å². The molecule has 0 radical (unpaired) electrons. The second-order valence-electron chi connectivity index (χ2n) is 25.5. The first-order chi connectivity index (χ1) is 36.2. The molecular weight excluding hydrogens is 952 g/mol. The molecule has 0 heterocycles. The van der Waals surface area contributed by atoms with Gasteiger partial charge in [-0.15, -0.1) is 0 Å². The smallest absolute Gasteiger partial charge is 0.462 e. The Morgan fingerprint density at radius 3 is 1.73 bits per heavy atom. The molecule has 8 nitrogen and oxygen atoms in total. The molecule has 434 valence electrons. The van der Waals surface area contributed by atoms with Crippen LogP contribution in [0.1, 0.15) is 299 Å². The number of carbonyl (C=O) groups excluding carboxylic acids is 2. The highest BCUT2D eigenvalue weighted by Crippen LogP contribution is 2.68. The molecule has 75 heavy (non-hydrogen) atoms. The van der Waals surface area contributed by atoms with Gasteiger partial charge in [0.25, 0.3) is 0 Å². The predicted octanol–water partition coefficient (Wildman–Crippen LogP) is 20.1. The minimum atomic E-state index is -4.53. The Kier molecular flexibility index (Phi) is 32.7. The van der Waals surface area contributed by atoms with Gasteiger partial charge in [-0.2, -0.15) is 0 Å². The average molecular weight is 1070 g/mol. The Hall–Kier alpha value is -1.73. The number of phosphoric ester groups is 1. The Morgan fingerprint density at radius 2 is 1.17 bits per heavy atom. The maximum Gasteiger partial charge on any atom is 0.472 e. The quantitative estimate of drug-likeness (QED) is 0.0278. The van der Waals surface area contributed by atoms with Crippen LogP contribution < -0.4 is 0 Å². The van der Waals surface area contributed by atoms with Crippen LogP contribution in [-0.2, 0) is 32.7 Å². The van der Waals surface area contributed by atoms with Crippen molar-refractivity contribution >= 4 is 19.8 Å². The van der Waals surface area contributed by atoms with Crippen LogP contribution in [0.4, 0.5) is 0 Å². The Labute approximate surface area is 461 Å². The molecular formula is C66H117O8P. The molecule has 0 aromatic rings. The summed E-state index contributed by atoms with van der Waals surface area (Å²) in [5.41, 5.74) is 1.91. The van der Waals surface area contributed by atoms with E-state index in [0.717, 1.165) is 107 Å². The fourth-order valence-electron chi connectivity index (χ4n) is 14.4. The van der Waals surface area contributed by atoms with E-state index < -0.39 is 26.0 Å². The van der Waals surface area contributed by atoms with Gasteiger partial charge in [0.15, 0.2) is 6.10 Å². The van der Waals surface area contributed by atoms with Gasteiger partial charge in [0, 0.05) is 12.8 Å². The molecule has 0 aromatic carbocycles. The van der Waals surface area contributed by atoms with Gasteiger partial charge in [0.1, 0.15) is 6.61 Å². The van der Waals surface area contributed by atoms with E-state index >= 15 is 0 Å². The number of allylic oxidation sites excluding steroid dienone is 5. The van der Waals surface area contributed by atoms with E-state index in [-0.39, 0.29) is 37.4 Å². The number of esters is 2. The summed E-state index contributed by atoms with van der Waals surface area (Å²) >= 11 is 0. The molecule has 0 amide bonds. The van der Waals surface area contributed by atoms with Crippen molar-refractivity contribution < 1.29 is 37.6 Å². The Bertz CT molecular complexity index is 1690. The number of hydrogen-bond donors (Lipinski definition) is 1. The Balaban J connectivity index is 1.20. The van der Waals surface area contributed by atoms with Gasteiger partial charge in [-0.1, -0.05) is 206 Å². The summed E-state index contributed by atoms with van der Waals surface area (Å²) in [4.78, 5) is 37.2. The van der Waals surface area contributed by atoms with Crippen molar-refractivity contribution in [1.82, 2.24) is 0 Å². The zero-order valence-electron chi connectivity index (χ0n) is 49.7. The molecule has 0 saturated heterocycles. The third-order valence-electron chi connectivity index (χ3n) is 19.0. The van der Waals surface area contributed by atoms with E-state index in [2.05, 4.69) is 78.8 Å². The van der Waals surface area contributed by atoms with E-state index in [0.29, 0.717) is 36.5 Å². The predicted molar refractivity (Wildman–Crippen MR) is 313 cm³/mol. The molecule has 0 bridgehead atoms. The lowest BCUT2D eigenvalue weighted by Gasteiger charge is -2.58. The van der Waals surface area contributed by atoms with Crippen LogP contribution in [0.2, 0.25) is 0 Å². The summed E-state index contributed by atoms with van der Waals surface area (Å²) in [6, 6.07) is 0. The van der Waals surface area contributed by atoms with Gasteiger partial charge in [0.05, 0.1) is 12.7 Å². The second-order valence-corrected chi connectivity index (χ2v) is 26.9. The van der Waals surface area contributed by atoms with E-state index in [9.17, 15) is 19.0 Å². The number of fused-ring (bicyclic) bond motifs is 5. The van der Waals surface area contributed by atoms with E-state index in [4.69, 9.17) is 18.5 Å². The van der Waals surface area contributed by atoms with Gasteiger partial charge in [-0.3, -0.25) is 18.6 Å². The van der Waals surface area contributed by atoms with Crippen LogP contribution in [0.25, 0.3) is 0 Å². The largest absolute Gasteiger partial charge is 0.472 e. The fourth-order valence-corrected chi connectivity index (χ4v) is 15.4. The molecule has 4 rings (SSSR count). The number of unbranched alkanes of at least 4 members (excludes halogenated alkanes) is 22. The lowest BCUT2D eigenvalue weighted by molar-refractivity contribution is -0.161. The third-order valence-corrected chi connectivity index (χ3v) is 20.0. The number of rotatable bonds is 43. The van der Waals surface area contributed by atoms with Gasteiger partial charge < -0.3 is 14.4 Å². The van der Waals surface area contributed by atoms with Crippen molar-refractivity contribution in [3.8, 4) is 0 Å². The molecule has 3 fully saturated rings. The van der Waals surface area contributed by atoms with Crippen molar-refractivity contribution in [2.75, 3.05) is 13.2 Å². The summed E-state index contributed by atoms with van der Waals surface area (Å²) in [5, 5.41) is 0. The van der Waals surface area contributed by atoms with Crippen LogP contribution in [-0.4, -0.2) is 42.3 Å². The lowest BCUT2D eigenvalue weighted by Crippen LogP contribution is -2.51. The zero-order valence-corrected chi connectivity index (χ0v) is 50.6. The summed E-state index contributed by atoms with van der Waals surface area (Å²) in [6.07, 6.45) is 54.2. The van der Waals surface area contributed by atoms with Gasteiger partial charge >= 0.3 is 19.8 Å². The van der Waals surface area contributed by atoms with E-state index in [1.807, 2.05) is 0 Å². The highest BCUT2D eigenvalue weighted by atomic mass is 31.2. The summed E-state index contributed by atoms with van der Waals surface area (Å²) < 4.78 is 36.6. The Morgan fingerprint density at radius 1 is 0.640 bits per heavy atom. The molecule has 3 saturated carbocycles. The molecule has 4 aliphatic carbocycles. The normalized spacial score (nSPS) is 26.2. The summed E-state index contributed by atoms with van der Waals surface area (Å²) in [5.74, 6) is 3.75. The van der Waals surface area contributed by atoms with Crippen molar-refractivity contribution in [1.29, 1.82) is 0 Å². The van der Waals surface area contributed by atoms with Crippen molar-refractivity contribution in [2.24, 2.45) is 46.3 Å². The first-order valence-corrected chi connectivity index (χ1v) is 33.7. The first kappa shape index (κ1) is 65.8. The first-order valence-electron chi connectivity index (χ1n) is 32.2. The van der Waals surface area contributed by atoms with Gasteiger partial charge in [-0.05, 0) is 162 Å². The molecule has 1 N–H and O–H groups in total. The molecule has 0 spiro atoms. The highest BCUT2D eigenvalue weighted by Gasteiger charge is 2.59. The van der Waals surface area contributed by atoms with E-state index in [1.165, 1.54) is 140 Å². The zero-order chi connectivity index (χ0) is 54.2. The SMILES string of the molecule is CCCCCCCC/C=C\CCCCCCCC(=O)OC[C@H](COP(=O)(O)O[C@H]1CC[C@@]2(C)C(=CC[C@H]3[C@@H]4CC[C@H]([C@H](C)CCCC(C)C)[C@@]4(C)CC[C@@H]32)C1)OC(=O)CCCCCCC/C=C\CCCCCCCC. The number of ether oxygens (including phenoxy) is 2. The van der Waals surface area contributed by atoms with E-state index in [1.54, 1.807) is 0 Å². The number of hydrogen-bond acceptors (Lipinski definition) is 7. The molecule has 1 unspecified atom stereocenters. The fraction of sp³-hybridized carbons (Fsp3) is 0.879. The minimum Gasteiger partial charge on any atom is -0.462 e. The summed E-state index contributed by atoms with van der Waals surface area (Å²) in [7, 11) is -4.53. The van der Waals surface area contributed by atoms with Crippen molar-refractivity contribution in [3.05, 3.63) is 36.0 Å². The third kappa shape index (κ3) is 24.7. The van der Waals surface area contributed by atoms with Crippen LogP contribution in [0.3, 0.4) is 0 Å². The second kappa shape index (κ2) is 37.3. The maximum absolute atomic E-state index is 13.7. The number of carbonyl (C=O) groups is 2. The van der Waals surface area contributed by atoms with Crippen LogP contribution >= 0.6 is 7.82 Å². The summed E-state index contributed by atoms with van der Waals surface area (Å²) in [6.45, 7) is 16.3. The van der Waals surface area contributed by atoms with Gasteiger partial charge in [-0.25, -0.2) is 4.57 Å². The van der Waals surface area contributed by atoms with Crippen LogP contribution in [0.5, 0.6) is 0 Å². The average Bonchev–Trinajstić information content (AvgIpc) is 3.74. The highest BCUT2D eigenvalue weighted by molar-refractivity contribution is 7.47. The molecule has 10 atom stereocenters. The monoisotopic (exact) mass is 1070 g/mol. The number of phosphoric acid groups is 1. The lowest BCUT2D eigenvalue weighted by atomic mass is 9.47.